The number of benzene rings is 1. The lowest BCUT2D eigenvalue weighted by molar-refractivity contribution is -0.138. The van der Waals surface area contributed by atoms with Gasteiger partial charge in [-0.3, -0.25) is 14.4 Å². The fourth-order valence-electron chi connectivity index (χ4n) is 2.52. The molecule has 1 aromatic rings. The topological polar surface area (TPSA) is 86.7 Å². The van der Waals surface area contributed by atoms with E-state index in [0.717, 1.165) is 11.3 Å². The van der Waals surface area contributed by atoms with Crippen LogP contribution in [0.3, 0.4) is 0 Å². The van der Waals surface area contributed by atoms with Gasteiger partial charge in [0.15, 0.2) is 0 Å². The molecule has 0 saturated carbocycles. The van der Waals surface area contributed by atoms with Crippen molar-refractivity contribution in [2.24, 2.45) is 5.92 Å². The molecule has 0 radical (unpaired) electrons. The van der Waals surface area contributed by atoms with Crippen LogP contribution in [-0.2, 0) is 20.8 Å². The van der Waals surface area contributed by atoms with Crippen LogP contribution in [0.25, 0.3) is 0 Å². The number of aliphatic carboxylic acids is 1. The van der Waals surface area contributed by atoms with Crippen LogP contribution in [-0.4, -0.2) is 41.4 Å². The summed E-state index contributed by atoms with van der Waals surface area (Å²) in [6.45, 7) is 0.188. The molecule has 2 N–H and O–H groups in total. The second kappa shape index (κ2) is 7.06. The summed E-state index contributed by atoms with van der Waals surface area (Å²) in [5.74, 6) is -1.33. The molecule has 0 aromatic heterocycles. The first-order valence-corrected chi connectivity index (χ1v) is 7.32. The molecule has 6 nitrogen and oxygen atoms in total. The SMILES string of the molecule is CN(CCC(=O)O)C(=O)CCC1Cc2ccccc2NC1=O. The molecule has 1 unspecified atom stereocenters. The average molecular weight is 304 g/mol. The van der Waals surface area contributed by atoms with E-state index in [1.807, 2.05) is 24.3 Å². The normalized spacial score (nSPS) is 16.6. The van der Waals surface area contributed by atoms with Crippen molar-refractivity contribution in [1.29, 1.82) is 0 Å². The van der Waals surface area contributed by atoms with Crippen LogP contribution < -0.4 is 5.32 Å². The minimum Gasteiger partial charge on any atom is -0.481 e. The molecule has 2 rings (SSSR count). The van der Waals surface area contributed by atoms with E-state index in [2.05, 4.69) is 5.32 Å². The van der Waals surface area contributed by atoms with Crippen LogP contribution in [0.5, 0.6) is 0 Å². The van der Waals surface area contributed by atoms with Gasteiger partial charge in [0.05, 0.1) is 6.42 Å². The molecule has 2 amide bonds. The highest BCUT2D eigenvalue weighted by Crippen LogP contribution is 2.27. The first kappa shape index (κ1) is 16.0. The Bertz CT molecular complexity index is 585. The maximum Gasteiger partial charge on any atom is 0.305 e. The van der Waals surface area contributed by atoms with Crippen molar-refractivity contribution in [3.8, 4) is 0 Å². The van der Waals surface area contributed by atoms with Crippen LogP contribution in [0, 0.1) is 5.92 Å². The number of rotatable bonds is 6. The Hall–Kier alpha value is -2.37. The van der Waals surface area contributed by atoms with Gasteiger partial charge in [0.1, 0.15) is 0 Å². The highest BCUT2D eigenvalue weighted by Gasteiger charge is 2.26. The molecule has 0 aliphatic carbocycles. The van der Waals surface area contributed by atoms with E-state index < -0.39 is 5.97 Å². The number of carboxylic acid groups (broad SMARTS) is 1. The molecule has 1 aliphatic rings. The third kappa shape index (κ3) is 4.07. The zero-order valence-corrected chi connectivity index (χ0v) is 12.5. The summed E-state index contributed by atoms with van der Waals surface area (Å²) in [4.78, 5) is 35.9. The fraction of sp³-hybridized carbons (Fsp3) is 0.438. The second-order valence-electron chi connectivity index (χ2n) is 5.55. The Kier molecular flexibility index (Phi) is 5.14. The van der Waals surface area contributed by atoms with E-state index in [0.29, 0.717) is 12.8 Å². The number of amides is 2. The summed E-state index contributed by atoms with van der Waals surface area (Å²) in [6.07, 6.45) is 1.28. The molecule has 1 aromatic carbocycles. The number of carbonyl (C=O) groups is 3. The molecule has 1 atom stereocenters. The van der Waals surface area contributed by atoms with Crippen molar-refractivity contribution in [3.63, 3.8) is 0 Å². The lowest BCUT2D eigenvalue weighted by atomic mass is 9.89. The average Bonchev–Trinajstić information content (AvgIpc) is 2.50. The van der Waals surface area contributed by atoms with E-state index in [-0.39, 0.29) is 37.1 Å². The highest BCUT2D eigenvalue weighted by atomic mass is 16.4. The van der Waals surface area contributed by atoms with Gasteiger partial charge in [0, 0.05) is 31.6 Å². The first-order chi connectivity index (χ1) is 10.5. The van der Waals surface area contributed by atoms with Crippen LogP contribution in [0.4, 0.5) is 5.69 Å². The number of para-hydroxylation sites is 1. The summed E-state index contributed by atoms with van der Waals surface area (Å²) >= 11 is 0. The quantitative estimate of drug-likeness (QED) is 0.834. The standard InChI is InChI=1S/C16H20N2O4/c1-18(9-8-15(20)21)14(19)7-6-12-10-11-4-2-3-5-13(11)17-16(12)22/h2-5,12H,6-10H2,1H3,(H,17,22)(H,20,21). The monoisotopic (exact) mass is 304 g/mol. The summed E-state index contributed by atoms with van der Waals surface area (Å²) < 4.78 is 0. The van der Waals surface area contributed by atoms with Crippen LogP contribution >= 0.6 is 0 Å². The van der Waals surface area contributed by atoms with Gasteiger partial charge < -0.3 is 15.3 Å². The maximum atomic E-state index is 12.0. The van der Waals surface area contributed by atoms with Gasteiger partial charge in [0.25, 0.3) is 0 Å². The minimum atomic E-state index is -0.928. The molecule has 1 heterocycles. The highest BCUT2D eigenvalue weighted by molar-refractivity contribution is 5.96. The maximum absolute atomic E-state index is 12.0. The van der Waals surface area contributed by atoms with Crippen molar-refractivity contribution < 1.29 is 19.5 Å². The molecule has 0 saturated heterocycles. The number of carboxylic acids is 1. The molecule has 0 bridgehead atoms. The second-order valence-corrected chi connectivity index (χ2v) is 5.55. The minimum absolute atomic E-state index is 0.0558. The van der Waals surface area contributed by atoms with Crippen LogP contribution in [0.1, 0.15) is 24.8 Å². The van der Waals surface area contributed by atoms with E-state index in [4.69, 9.17) is 5.11 Å². The van der Waals surface area contributed by atoms with Crippen molar-refractivity contribution in [2.75, 3.05) is 18.9 Å². The summed E-state index contributed by atoms with van der Waals surface area (Å²) in [5, 5.41) is 11.5. The molecular formula is C16H20N2O4. The molecule has 22 heavy (non-hydrogen) atoms. The van der Waals surface area contributed by atoms with Crippen molar-refractivity contribution in [2.45, 2.75) is 25.7 Å². The van der Waals surface area contributed by atoms with Gasteiger partial charge in [-0.25, -0.2) is 0 Å². The summed E-state index contributed by atoms with van der Waals surface area (Å²) in [5.41, 5.74) is 1.92. The number of fused-ring (bicyclic) bond motifs is 1. The van der Waals surface area contributed by atoms with Gasteiger partial charge in [0.2, 0.25) is 11.8 Å². The third-order valence-corrected chi connectivity index (χ3v) is 3.91. The lowest BCUT2D eigenvalue weighted by Gasteiger charge is -2.25. The van der Waals surface area contributed by atoms with Crippen LogP contribution in [0.15, 0.2) is 24.3 Å². The van der Waals surface area contributed by atoms with Gasteiger partial charge >= 0.3 is 5.97 Å². The smallest absolute Gasteiger partial charge is 0.305 e. The number of hydrogen-bond acceptors (Lipinski definition) is 3. The third-order valence-electron chi connectivity index (χ3n) is 3.91. The molecule has 0 fully saturated rings. The van der Waals surface area contributed by atoms with Gasteiger partial charge in [-0.1, -0.05) is 18.2 Å². The van der Waals surface area contributed by atoms with Crippen molar-refractivity contribution in [3.05, 3.63) is 29.8 Å². The number of carbonyl (C=O) groups excluding carboxylic acids is 2. The van der Waals surface area contributed by atoms with Gasteiger partial charge in [-0.15, -0.1) is 0 Å². The number of nitrogens with one attached hydrogen (secondary N) is 1. The number of hydrogen-bond donors (Lipinski definition) is 2. The number of anilines is 1. The largest absolute Gasteiger partial charge is 0.481 e. The summed E-state index contributed by atoms with van der Waals surface area (Å²) in [7, 11) is 1.58. The zero-order chi connectivity index (χ0) is 16.1. The molecule has 1 aliphatic heterocycles. The van der Waals surface area contributed by atoms with E-state index >= 15 is 0 Å². The molecule has 6 heteroatoms. The Balaban J connectivity index is 1.85. The fourth-order valence-corrected chi connectivity index (χ4v) is 2.52. The van der Waals surface area contributed by atoms with Crippen LogP contribution in [0.2, 0.25) is 0 Å². The predicted molar refractivity (Wildman–Crippen MR) is 81.4 cm³/mol. The van der Waals surface area contributed by atoms with Crippen molar-refractivity contribution >= 4 is 23.5 Å². The van der Waals surface area contributed by atoms with E-state index in [9.17, 15) is 14.4 Å². The lowest BCUT2D eigenvalue weighted by Crippen LogP contribution is -2.33. The Morgan fingerprint density at radius 1 is 1.32 bits per heavy atom. The molecular weight excluding hydrogens is 284 g/mol. The van der Waals surface area contributed by atoms with E-state index in [1.54, 1.807) is 7.05 Å². The zero-order valence-electron chi connectivity index (χ0n) is 12.5. The summed E-state index contributed by atoms with van der Waals surface area (Å²) in [6, 6.07) is 7.65. The number of nitrogens with zero attached hydrogens (tertiary/aromatic N) is 1. The predicted octanol–water partition coefficient (Wildman–Crippen LogP) is 1.51. The van der Waals surface area contributed by atoms with Gasteiger partial charge in [-0.2, -0.15) is 0 Å². The Morgan fingerprint density at radius 2 is 2.05 bits per heavy atom. The molecule has 118 valence electrons. The van der Waals surface area contributed by atoms with Gasteiger partial charge in [-0.05, 0) is 24.5 Å². The Labute approximate surface area is 129 Å². The van der Waals surface area contributed by atoms with E-state index in [1.165, 1.54) is 4.90 Å². The first-order valence-electron chi connectivity index (χ1n) is 7.32. The van der Waals surface area contributed by atoms with Crippen molar-refractivity contribution in [1.82, 2.24) is 4.90 Å². The Morgan fingerprint density at radius 3 is 2.77 bits per heavy atom. The molecule has 0 spiro atoms.